The Kier molecular flexibility index (Phi) is 5.27. The Morgan fingerprint density at radius 1 is 1.12 bits per heavy atom. The minimum Gasteiger partial charge on any atom is -0.422 e. The van der Waals surface area contributed by atoms with Gasteiger partial charge in [0.1, 0.15) is 15.5 Å². The fourth-order valence-corrected chi connectivity index (χ4v) is 5.74. The first-order valence-corrected chi connectivity index (χ1v) is 10.6. The van der Waals surface area contributed by atoms with Crippen molar-refractivity contribution in [2.24, 2.45) is 0 Å². The summed E-state index contributed by atoms with van der Waals surface area (Å²) in [5, 5.41) is 1.62. The van der Waals surface area contributed by atoms with Crippen LogP contribution in [0, 0.1) is 13.8 Å². The number of ether oxygens (including phenoxy) is 1. The van der Waals surface area contributed by atoms with Gasteiger partial charge in [0.25, 0.3) is 0 Å². The zero-order chi connectivity index (χ0) is 18.0. The summed E-state index contributed by atoms with van der Waals surface area (Å²) in [6, 6.07) is 7.00. The van der Waals surface area contributed by atoms with E-state index in [4.69, 9.17) is 4.74 Å². The molecule has 3 rings (SSSR count). The van der Waals surface area contributed by atoms with Crippen molar-refractivity contribution in [1.29, 1.82) is 0 Å². The number of esters is 1. The number of carbonyl (C=O) groups is 1. The lowest BCUT2D eigenvalue weighted by molar-refractivity contribution is 0.0734. The molecule has 0 spiro atoms. The average Bonchev–Trinajstić information content (AvgIpc) is 3.09. The van der Waals surface area contributed by atoms with Crippen LogP contribution in [0.1, 0.15) is 40.1 Å². The van der Waals surface area contributed by atoms with Crippen LogP contribution in [0.3, 0.4) is 0 Å². The molecule has 1 aliphatic heterocycles. The van der Waals surface area contributed by atoms with Crippen LogP contribution in [0.25, 0.3) is 0 Å². The molecule has 1 aliphatic rings. The van der Waals surface area contributed by atoms with Crippen LogP contribution in [0.2, 0.25) is 0 Å². The van der Waals surface area contributed by atoms with E-state index in [-0.39, 0.29) is 9.77 Å². The Morgan fingerprint density at radius 2 is 1.84 bits per heavy atom. The van der Waals surface area contributed by atoms with Crippen LogP contribution >= 0.6 is 11.3 Å². The average molecular weight is 380 g/mol. The molecular weight excluding hydrogens is 358 g/mol. The molecule has 1 aromatic heterocycles. The minimum absolute atomic E-state index is 0.0502. The van der Waals surface area contributed by atoms with E-state index in [2.05, 4.69) is 0 Å². The van der Waals surface area contributed by atoms with Crippen molar-refractivity contribution in [2.75, 3.05) is 13.1 Å². The van der Waals surface area contributed by atoms with Crippen LogP contribution in [-0.2, 0) is 10.0 Å². The van der Waals surface area contributed by atoms with Gasteiger partial charge in [0.2, 0.25) is 10.0 Å². The number of hydrogen-bond acceptors (Lipinski definition) is 5. The van der Waals surface area contributed by atoms with Crippen LogP contribution in [0.4, 0.5) is 0 Å². The molecule has 7 heteroatoms. The van der Waals surface area contributed by atoms with E-state index >= 15 is 0 Å². The van der Waals surface area contributed by atoms with Gasteiger partial charge < -0.3 is 4.74 Å². The van der Waals surface area contributed by atoms with Gasteiger partial charge >= 0.3 is 5.97 Å². The summed E-state index contributed by atoms with van der Waals surface area (Å²) in [5.41, 5.74) is 1.91. The highest BCUT2D eigenvalue weighted by Gasteiger charge is 2.31. The zero-order valence-corrected chi connectivity index (χ0v) is 16.0. The van der Waals surface area contributed by atoms with E-state index < -0.39 is 16.0 Å². The SMILES string of the molecule is Cc1ccc(OC(=O)c2sccc2S(=O)(=O)N2CCCCC2)c(C)c1. The van der Waals surface area contributed by atoms with Crippen molar-refractivity contribution in [1.82, 2.24) is 4.31 Å². The van der Waals surface area contributed by atoms with Gasteiger partial charge in [0.05, 0.1) is 0 Å². The van der Waals surface area contributed by atoms with E-state index in [0.717, 1.165) is 41.7 Å². The number of carbonyl (C=O) groups excluding carboxylic acids is 1. The number of hydrogen-bond donors (Lipinski definition) is 0. The van der Waals surface area contributed by atoms with Gasteiger partial charge in [-0.25, -0.2) is 13.2 Å². The van der Waals surface area contributed by atoms with Crippen molar-refractivity contribution in [3.8, 4) is 5.75 Å². The Morgan fingerprint density at radius 3 is 2.52 bits per heavy atom. The topological polar surface area (TPSA) is 63.7 Å². The predicted octanol–water partition coefficient (Wildman–Crippen LogP) is 3.76. The second-order valence-electron chi connectivity index (χ2n) is 6.24. The second kappa shape index (κ2) is 7.27. The molecule has 2 aromatic rings. The molecule has 5 nitrogen and oxygen atoms in total. The number of nitrogens with zero attached hydrogens (tertiary/aromatic N) is 1. The smallest absolute Gasteiger partial charge is 0.355 e. The fraction of sp³-hybridized carbons (Fsp3) is 0.389. The quantitative estimate of drug-likeness (QED) is 0.599. The van der Waals surface area contributed by atoms with E-state index in [1.807, 2.05) is 26.0 Å². The number of sulfonamides is 1. The third kappa shape index (κ3) is 3.78. The third-order valence-electron chi connectivity index (χ3n) is 4.28. The lowest BCUT2D eigenvalue weighted by Gasteiger charge is -2.25. The first-order valence-electron chi connectivity index (χ1n) is 8.26. The second-order valence-corrected chi connectivity index (χ2v) is 9.06. The van der Waals surface area contributed by atoms with Crippen LogP contribution < -0.4 is 4.74 Å². The summed E-state index contributed by atoms with van der Waals surface area (Å²) >= 11 is 1.10. The molecule has 1 saturated heterocycles. The standard InChI is InChI=1S/C18H21NO4S2/c1-13-6-7-15(14(2)12-13)23-18(20)17-16(8-11-24-17)25(21,22)19-9-4-3-5-10-19/h6-8,11-12H,3-5,9-10H2,1-2H3. The Labute approximate surface area is 152 Å². The van der Waals surface area contributed by atoms with Gasteiger partial charge in [-0.15, -0.1) is 11.3 Å². The number of benzene rings is 1. The Bertz CT molecular complexity index is 880. The molecular formula is C18H21NO4S2. The first kappa shape index (κ1) is 18.1. The number of thiophene rings is 1. The Balaban J connectivity index is 1.86. The highest BCUT2D eigenvalue weighted by molar-refractivity contribution is 7.89. The fourth-order valence-electron chi connectivity index (χ4n) is 2.95. The molecule has 0 bridgehead atoms. The van der Waals surface area contributed by atoms with Gasteiger partial charge in [0, 0.05) is 13.1 Å². The lowest BCUT2D eigenvalue weighted by atomic mass is 10.1. The molecule has 0 radical (unpaired) electrons. The van der Waals surface area contributed by atoms with Crippen molar-refractivity contribution in [2.45, 2.75) is 38.0 Å². The van der Waals surface area contributed by atoms with Crippen molar-refractivity contribution < 1.29 is 17.9 Å². The van der Waals surface area contributed by atoms with Crippen molar-refractivity contribution in [3.05, 3.63) is 45.6 Å². The highest BCUT2D eigenvalue weighted by Crippen LogP contribution is 2.29. The van der Waals surface area contributed by atoms with Crippen molar-refractivity contribution >= 4 is 27.3 Å². The number of aryl methyl sites for hydroxylation is 2. The molecule has 0 saturated carbocycles. The molecule has 134 valence electrons. The molecule has 1 aromatic carbocycles. The summed E-state index contributed by atoms with van der Waals surface area (Å²) in [6.45, 7) is 4.82. The molecule has 25 heavy (non-hydrogen) atoms. The first-order chi connectivity index (χ1) is 11.9. The number of rotatable bonds is 4. The molecule has 0 atom stereocenters. The summed E-state index contributed by atoms with van der Waals surface area (Å²) in [6.07, 6.45) is 2.74. The number of piperidine rings is 1. The maximum atomic E-state index is 12.9. The largest absolute Gasteiger partial charge is 0.422 e. The lowest BCUT2D eigenvalue weighted by Crippen LogP contribution is -2.36. The van der Waals surface area contributed by atoms with Crippen LogP contribution in [-0.4, -0.2) is 31.8 Å². The minimum atomic E-state index is -3.66. The Hall–Kier alpha value is -1.70. The molecule has 0 amide bonds. The summed E-state index contributed by atoms with van der Waals surface area (Å²) in [5.74, 6) is -0.178. The van der Waals surface area contributed by atoms with E-state index in [1.165, 1.54) is 10.4 Å². The van der Waals surface area contributed by atoms with Gasteiger partial charge in [0.15, 0.2) is 0 Å². The highest BCUT2D eigenvalue weighted by atomic mass is 32.2. The van der Waals surface area contributed by atoms with Crippen LogP contribution in [0.5, 0.6) is 5.75 Å². The van der Waals surface area contributed by atoms with Crippen LogP contribution in [0.15, 0.2) is 34.5 Å². The zero-order valence-electron chi connectivity index (χ0n) is 14.3. The molecule has 1 fully saturated rings. The van der Waals surface area contributed by atoms with E-state index in [1.54, 1.807) is 11.4 Å². The predicted molar refractivity (Wildman–Crippen MR) is 97.8 cm³/mol. The third-order valence-corrected chi connectivity index (χ3v) is 7.25. The molecule has 2 heterocycles. The van der Waals surface area contributed by atoms with E-state index in [0.29, 0.717) is 18.8 Å². The normalized spacial score (nSPS) is 15.9. The van der Waals surface area contributed by atoms with Gasteiger partial charge in [-0.1, -0.05) is 24.1 Å². The molecule has 0 aliphatic carbocycles. The van der Waals surface area contributed by atoms with E-state index in [9.17, 15) is 13.2 Å². The maximum absolute atomic E-state index is 12.9. The molecule has 0 N–H and O–H groups in total. The summed E-state index contributed by atoms with van der Waals surface area (Å²) < 4.78 is 32.6. The van der Waals surface area contributed by atoms with Crippen molar-refractivity contribution in [3.63, 3.8) is 0 Å². The van der Waals surface area contributed by atoms with Gasteiger partial charge in [-0.05, 0) is 49.8 Å². The monoisotopic (exact) mass is 379 g/mol. The van der Waals surface area contributed by atoms with Gasteiger partial charge in [-0.2, -0.15) is 4.31 Å². The van der Waals surface area contributed by atoms with Gasteiger partial charge in [-0.3, -0.25) is 0 Å². The summed E-state index contributed by atoms with van der Waals surface area (Å²) in [4.78, 5) is 12.7. The molecule has 0 unspecified atom stereocenters. The summed E-state index contributed by atoms with van der Waals surface area (Å²) in [7, 11) is -3.66. The maximum Gasteiger partial charge on any atom is 0.355 e.